The zero-order valence-electron chi connectivity index (χ0n) is 17.7. The number of carbonyl (C=O) groups excluding carboxylic acids is 1. The second-order valence-corrected chi connectivity index (χ2v) is 5.99. The lowest BCUT2D eigenvalue weighted by Gasteiger charge is -2.14. The molecular formula is C21H35N3O4. The van der Waals surface area contributed by atoms with Crippen molar-refractivity contribution in [1.29, 1.82) is 0 Å². The third-order valence-corrected chi connectivity index (χ3v) is 3.77. The summed E-state index contributed by atoms with van der Waals surface area (Å²) in [4.78, 5) is 15.9. The summed E-state index contributed by atoms with van der Waals surface area (Å²) in [7, 11) is 0. The predicted octanol–water partition coefficient (Wildman–Crippen LogP) is 2.92. The van der Waals surface area contributed by atoms with Crippen molar-refractivity contribution in [3.8, 4) is 11.5 Å². The normalized spacial score (nSPS) is 11.1. The summed E-state index contributed by atoms with van der Waals surface area (Å²) in [5.74, 6) is 2.14. The highest BCUT2D eigenvalue weighted by molar-refractivity contribution is 5.79. The Kier molecular flexibility index (Phi) is 12.3. The molecule has 1 aromatic rings. The summed E-state index contributed by atoms with van der Waals surface area (Å²) in [6.45, 7) is 11.5. The van der Waals surface area contributed by atoms with Gasteiger partial charge in [0.15, 0.2) is 17.5 Å². The maximum Gasteiger partial charge on any atom is 0.305 e. The van der Waals surface area contributed by atoms with Gasteiger partial charge in [-0.15, -0.1) is 0 Å². The molecule has 0 aliphatic rings. The first-order valence-electron chi connectivity index (χ1n) is 10.2. The number of benzene rings is 1. The van der Waals surface area contributed by atoms with Gasteiger partial charge in [-0.25, -0.2) is 0 Å². The first kappa shape index (κ1) is 23.6. The third kappa shape index (κ3) is 9.48. The second kappa shape index (κ2) is 14.6. The van der Waals surface area contributed by atoms with E-state index in [1.54, 1.807) is 0 Å². The van der Waals surface area contributed by atoms with Crippen LogP contribution in [0.2, 0.25) is 0 Å². The van der Waals surface area contributed by atoms with Gasteiger partial charge in [0.2, 0.25) is 0 Å². The third-order valence-electron chi connectivity index (χ3n) is 3.77. The molecule has 158 valence electrons. The second-order valence-electron chi connectivity index (χ2n) is 5.99. The molecule has 0 amide bonds. The molecule has 0 unspecified atom stereocenters. The zero-order valence-corrected chi connectivity index (χ0v) is 17.7. The van der Waals surface area contributed by atoms with E-state index in [1.165, 1.54) is 0 Å². The van der Waals surface area contributed by atoms with Gasteiger partial charge < -0.3 is 24.8 Å². The van der Waals surface area contributed by atoms with Crippen LogP contribution in [0.25, 0.3) is 0 Å². The van der Waals surface area contributed by atoms with Crippen molar-refractivity contribution >= 4 is 11.9 Å². The first-order valence-corrected chi connectivity index (χ1v) is 10.2. The van der Waals surface area contributed by atoms with E-state index < -0.39 is 0 Å². The summed E-state index contributed by atoms with van der Waals surface area (Å²) in [6, 6.07) is 6.04. The number of aliphatic imine (C=N–C) groups is 1. The zero-order chi connectivity index (χ0) is 20.6. The molecule has 7 nitrogen and oxygen atoms in total. The number of rotatable bonds is 13. The number of nitrogens with zero attached hydrogens (tertiary/aromatic N) is 1. The summed E-state index contributed by atoms with van der Waals surface area (Å²) < 4.78 is 16.2. The minimum absolute atomic E-state index is 0.170. The number of guanidine groups is 1. The Hall–Kier alpha value is -2.44. The Balaban J connectivity index is 2.51. The minimum Gasteiger partial charge on any atom is -0.490 e. The number of hydrogen-bond acceptors (Lipinski definition) is 5. The molecule has 7 heteroatoms. The molecule has 0 aliphatic carbocycles. The number of hydrogen-bond donors (Lipinski definition) is 2. The number of esters is 1. The largest absolute Gasteiger partial charge is 0.490 e. The molecule has 0 fully saturated rings. The molecule has 0 aliphatic heterocycles. The van der Waals surface area contributed by atoms with Gasteiger partial charge in [0.25, 0.3) is 0 Å². The van der Waals surface area contributed by atoms with Crippen molar-refractivity contribution in [2.24, 2.45) is 4.99 Å². The molecule has 0 spiro atoms. The van der Waals surface area contributed by atoms with Gasteiger partial charge in [0.05, 0.1) is 19.8 Å². The van der Waals surface area contributed by atoms with Gasteiger partial charge >= 0.3 is 5.97 Å². The number of ether oxygens (including phenoxy) is 3. The van der Waals surface area contributed by atoms with Crippen molar-refractivity contribution in [1.82, 2.24) is 10.6 Å². The van der Waals surface area contributed by atoms with Gasteiger partial charge in [-0.3, -0.25) is 9.79 Å². The van der Waals surface area contributed by atoms with E-state index in [1.807, 2.05) is 39.8 Å². The van der Waals surface area contributed by atoms with Gasteiger partial charge in [-0.05, 0) is 58.2 Å². The molecule has 0 bridgehead atoms. The Morgan fingerprint density at radius 2 is 1.75 bits per heavy atom. The molecule has 0 heterocycles. The monoisotopic (exact) mass is 393 g/mol. The van der Waals surface area contributed by atoms with Crippen molar-refractivity contribution in [3.63, 3.8) is 0 Å². The number of carbonyl (C=O) groups is 1. The highest BCUT2D eigenvalue weighted by atomic mass is 16.5. The molecule has 0 atom stereocenters. The van der Waals surface area contributed by atoms with E-state index in [0.29, 0.717) is 39.2 Å². The van der Waals surface area contributed by atoms with Crippen LogP contribution in [0.4, 0.5) is 0 Å². The SMILES string of the molecule is CCNC(=NCCCC(=O)OCC)NCCc1ccc(OCC)c(OCC)c1. The van der Waals surface area contributed by atoms with E-state index in [-0.39, 0.29) is 5.97 Å². The lowest BCUT2D eigenvalue weighted by molar-refractivity contribution is -0.143. The van der Waals surface area contributed by atoms with E-state index >= 15 is 0 Å². The fraction of sp³-hybridized carbons (Fsp3) is 0.619. The van der Waals surface area contributed by atoms with Gasteiger partial charge in [-0.1, -0.05) is 6.07 Å². The predicted molar refractivity (Wildman–Crippen MR) is 112 cm³/mol. The summed E-state index contributed by atoms with van der Waals surface area (Å²) in [6.07, 6.45) is 1.90. The first-order chi connectivity index (χ1) is 13.6. The van der Waals surface area contributed by atoms with E-state index in [9.17, 15) is 4.79 Å². The van der Waals surface area contributed by atoms with Crippen LogP contribution in [-0.4, -0.2) is 51.4 Å². The topological polar surface area (TPSA) is 81.2 Å². The molecule has 2 N–H and O–H groups in total. The maximum absolute atomic E-state index is 11.4. The minimum atomic E-state index is -0.170. The van der Waals surface area contributed by atoms with Crippen LogP contribution < -0.4 is 20.1 Å². The van der Waals surface area contributed by atoms with E-state index in [4.69, 9.17) is 14.2 Å². The van der Waals surface area contributed by atoms with Crippen LogP contribution in [0.15, 0.2) is 23.2 Å². The van der Waals surface area contributed by atoms with Crippen LogP contribution >= 0.6 is 0 Å². The molecule has 28 heavy (non-hydrogen) atoms. The quantitative estimate of drug-likeness (QED) is 0.232. The van der Waals surface area contributed by atoms with Crippen LogP contribution in [-0.2, 0) is 16.0 Å². The Labute approximate surface area is 168 Å². The van der Waals surface area contributed by atoms with Gasteiger partial charge in [-0.2, -0.15) is 0 Å². The van der Waals surface area contributed by atoms with E-state index in [2.05, 4.69) is 21.7 Å². The molecule has 1 aromatic carbocycles. The highest BCUT2D eigenvalue weighted by Crippen LogP contribution is 2.28. The lowest BCUT2D eigenvalue weighted by atomic mass is 10.1. The lowest BCUT2D eigenvalue weighted by Crippen LogP contribution is -2.38. The van der Waals surface area contributed by atoms with Crippen LogP contribution in [0, 0.1) is 0 Å². The van der Waals surface area contributed by atoms with Gasteiger partial charge in [0.1, 0.15) is 0 Å². The van der Waals surface area contributed by atoms with E-state index in [0.717, 1.165) is 42.5 Å². The van der Waals surface area contributed by atoms with Crippen LogP contribution in [0.3, 0.4) is 0 Å². The van der Waals surface area contributed by atoms with Crippen molar-refractivity contribution in [3.05, 3.63) is 23.8 Å². The molecule has 1 rings (SSSR count). The molecule has 0 radical (unpaired) electrons. The Morgan fingerprint density at radius 3 is 2.43 bits per heavy atom. The van der Waals surface area contributed by atoms with Crippen LogP contribution in [0.5, 0.6) is 11.5 Å². The smallest absolute Gasteiger partial charge is 0.305 e. The van der Waals surface area contributed by atoms with Crippen molar-refractivity contribution in [2.75, 3.05) is 39.5 Å². The number of nitrogens with one attached hydrogen (secondary N) is 2. The molecule has 0 aromatic heterocycles. The van der Waals surface area contributed by atoms with Crippen LogP contribution in [0.1, 0.15) is 46.1 Å². The fourth-order valence-electron chi connectivity index (χ4n) is 2.57. The Morgan fingerprint density at radius 1 is 1.00 bits per heavy atom. The van der Waals surface area contributed by atoms with Crippen molar-refractivity contribution in [2.45, 2.75) is 47.0 Å². The van der Waals surface area contributed by atoms with Gasteiger partial charge in [0, 0.05) is 26.1 Å². The summed E-state index contributed by atoms with van der Waals surface area (Å²) >= 11 is 0. The molecule has 0 saturated heterocycles. The summed E-state index contributed by atoms with van der Waals surface area (Å²) in [5, 5.41) is 6.54. The molecular weight excluding hydrogens is 358 g/mol. The molecule has 0 saturated carbocycles. The van der Waals surface area contributed by atoms with Crippen molar-refractivity contribution < 1.29 is 19.0 Å². The Bertz CT molecular complexity index is 605. The standard InChI is InChI=1S/C21H35N3O4/c1-5-22-21(23-14-9-10-20(25)28-8-4)24-15-13-17-11-12-18(26-6-2)19(16-17)27-7-3/h11-12,16H,5-10,13-15H2,1-4H3,(H2,22,23,24). The fourth-order valence-corrected chi connectivity index (χ4v) is 2.57. The average molecular weight is 394 g/mol. The highest BCUT2D eigenvalue weighted by Gasteiger charge is 2.07. The summed E-state index contributed by atoms with van der Waals surface area (Å²) in [5.41, 5.74) is 1.16. The average Bonchev–Trinajstić information content (AvgIpc) is 2.67. The maximum atomic E-state index is 11.4.